The van der Waals surface area contributed by atoms with Crippen molar-refractivity contribution in [1.82, 2.24) is 9.97 Å². The molecule has 2 N–H and O–H groups in total. The summed E-state index contributed by atoms with van der Waals surface area (Å²) in [6, 6.07) is 2.25. The van der Waals surface area contributed by atoms with Crippen molar-refractivity contribution in [3.8, 4) is 0 Å². The van der Waals surface area contributed by atoms with E-state index in [2.05, 4.69) is 35.6 Å². The van der Waals surface area contributed by atoms with Gasteiger partial charge in [0.2, 0.25) is 5.95 Å². The molecule has 1 aromatic rings. The standard InChI is InChI=1S/C13H22N4/c1-13(2,3)11-6-7-15-12(16-11)17-8-4-5-10(14)9-17/h6-7,10H,4-5,8-9,14H2,1-3H3. The molecule has 0 radical (unpaired) electrons. The zero-order chi connectivity index (χ0) is 12.5. The van der Waals surface area contributed by atoms with E-state index in [1.807, 2.05) is 12.3 Å². The van der Waals surface area contributed by atoms with E-state index in [0.717, 1.165) is 37.6 Å². The van der Waals surface area contributed by atoms with Crippen LogP contribution in [0.1, 0.15) is 39.3 Å². The van der Waals surface area contributed by atoms with Crippen LogP contribution in [0.25, 0.3) is 0 Å². The second-order valence-electron chi connectivity index (χ2n) is 5.84. The maximum atomic E-state index is 5.99. The average Bonchev–Trinajstić information content (AvgIpc) is 2.28. The maximum Gasteiger partial charge on any atom is 0.225 e. The third kappa shape index (κ3) is 2.94. The summed E-state index contributed by atoms with van der Waals surface area (Å²) in [6.45, 7) is 8.39. The van der Waals surface area contributed by atoms with E-state index in [1.54, 1.807) is 0 Å². The lowest BCUT2D eigenvalue weighted by atomic mass is 9.92. The number of anilines is 1. The van der Waals surface area contributed by atoms with Crippen LogP contribution >= 0.6 is 0 Å². The van der Waals surface area contributed by atoms with Gasteiger partial charge in [0, 0.05) is 30.7 Å². The van der Waals surface area contributed by atoms with Gasteiger partial charge in [0.25, 0.3) is 0 Å². The van der Waals surface area contributed by atoms with Crippen LogP contribution in [0.15, 0.2) is 12.3 Å². The van der Waals surface area contributed by atoms with Gasteiger partial charge in [0.1, 0.15) is 0 Å². The van der Waals surface area contributed by atoms with E-state index in [4.69, 9.17) is 5.73 Å². The van der Waals surface area contributed by atoms with Crippen LogP contribution in [-0.2, 0) is 5.41 Å². The van der Waals surface area contributed by atoms with Crippen molar-refractivity contribution in [3.05, 3.63) is 18.0 Å². The van der Waals surface area contributed by atoms with E-state index < -0.39 is 0 Å². The maximum absolute atomic E-state index is 5.99. The van der Waals surface area contributed by atoms with E-state index >= 15 is 0 Å². The Labute approximate surface area is 103 Å². The van der Waals surface area contributed by atoms with E-state index in [0.29, 0.717) is 0 Å². The van der Waals surface area contributed by atoms with Crippen molar-refractivity contribution in [1.29, 1.82) is 0 Å². The molecular weight excluding hydrogens is 212 g/mol. The molecule has 1 unspecified atom stereocenters. The van der Waals surface area contributed by atoms with Gasteiger partial charge >= 0.3 is 0 Å². The molecule has 1 atom stereocenters. The van der Waals surface area contributed by atoms with Crippen molar-refractivity contribution >= 4 is 5.95 Å². The molecule has 2 rings (SSSR count). The smallest absolute Gasteiger partial charge is 0.225 e. The third-order valence-corrected chi connectivity index (χ3v) is 3.15. The van der Waals surface area contributed by atoms with E-state index in [9.17, 15) is 0 Å². The Bertz CT molecular complexity index is 383. The Morgan fingerprint density at radius 3 is 2.82 bits per heavy atom. The second kappa shape index (κ2) is 4.61. The zero-order valence-corrected chi connectivity index (χ0v) is 11.0. The molecule has 2 heterocycles. The minimum Gasteiger partial charge on any atom is -0.339 e. The van der Waals surface area contributed by atoms with Crippen LogP contribution in [0.3, 0.4) is 0 Å². The third-order valence-electron chi connectivity index (χ3n) is 3.15. The summed E-state index contributed by atoms with van der Waals surface area (Å²) in [6.07, 6.45) is 4.09. The number of aromatic nitrogens is 2. The number of rotatable bonds is 1. The minimum atomic E-state index is 0.0651. The Morgan fingerprint density at radius 1 is 1.41 bits per heavy atom. The molecule has 0 aliphatic carbocycles. The number of hydrogen-bond donors (Lipinski definition) is 1. The highest BCUT2D eigenvalue weighted by Crippen LogP contribution is 2.22. The molecule has 0 saturated carbocycles. The first-order chi connectivity index (χ1) is 7.97. The monoisotopic (exact) mass is 234 g/mol. The van der Waals surface area contributed by atoms with E-state index in [1.165, 1.54) is 0 Å². The lowest BCUT2D eigenvalue weighted by Crippen LogP contribution is -2.43. The van der Waals surface area contributed by atoms with Gasteiger partial charge in [-0.15, -0.1) is 0 Å². The van der Waals surface area contributed by atoms with Gasteiger partial charge in [-0.3, -0.25) is 0 Å². The van der Waals surface area contributed by atoms with Crippen LogP contribution in [0.4, 0.5) is 5.95 Å². The van der Waals surface area contributed by atoms with Crippen LogP contribution in [0.5, 0.6) is 0 Å². The number of piperidine rings is 1. The molecule has 4 heteroatoms. The van der Waals surface area contributed by atoms with Crippen molar-refractivity contribution in [2.24, 2.45) is 5.73 Å². The topological polar surface area (TPSA) is 55.0 Å². The van der Waals surface area contributed by atoms with Crippen LogP contribution < -0.4 is 10.6 Å². The highest BCUT2D eigenvalue weighted by molar-refractivity contribution is 5.32. The normalized spacial score (nSPS) is 21.6. The quantitative estimate of drug-likeness (QED) is 0.803. The molecule has 4 nitrogen and oxygen atoms in total. The zero-order valence-electron chi connectivity index (χ0n) is 11.0. The molecule has 0 spiro atoms. The first-order valence-corrected chi connectivity index (χ1v) is 6.31. The molecule has 1 aliphatic rings. The molecule has 0 amide bonds. The van der Waals surface area contributed by atoms with Gasteiger partial charge in [-0.1, -0.05) is 20.8 Å². The summed E-state index contributed by atoms with van der Waals surface area (Å²) >= 11 is 0. The molecule has 1 aliphatic heterocycles. The predicted octanol–water partition coefficient (Wildman–Crippen LogP) is 1.70. The lowest BCUT2D eigenvalue weighted by Gasteiger charge is -2.31. The van der Waals surface area contributed by atoms with Crippen molar-refractivity contribution in [2.75, 3.05) is 18.0 Å². The molecule has 1 aromatic heterocycles. The highest BCUT2D eigenvalue weighted by Gasteiger charge is 2.21. The van der Waals surface area contributed by atoms with Crippen molar-refractivity contribution in [3.63, 3.8) is 0 Å². The first kappa shape index (κ1) is 12.3. The Kier molecular flexibility index (Phi) is 3.33. The summed E-state index contributed by atoms with van der Waals surface area (Å²) < 4.78 is 0. The van der Waals surface area contributed by atoms with Crippen LogP contribution in [0.2, 0.25) is 0 Å². The summed E-state index contributed by atoms with van der Waals surface area (Å²) in [7, 11) is 0. The number of nitrogens with two attached hydrogens (primary N) is 1. The van der Waals surface area contributed by atoms with Gasteiger partial charge < -0.3 is 10.6 Å². The summed E-state index contributed by atoms with van der Waals surface area (Å²) in [4.78, 5) is 11.2. The summed E-state index contributed by atoms with van der Waals surface area (Å²) in [5.41, 5.74) is 7.14. The number of nitrogens with zero attached hydrogens (tertiary/aromatic N) is 3. The van der Waals surface area contributed by atoms with Gasteiger partial charge in [-0.25, -0.2) is 9.97 Å². The Morgan fingerprint density at radius 2 is 2.18 bits per heavy atom. The molecule has 0 bridgehead atoms. The van der Waals surface area contributed by atoms with Crippen LogP contribution in [0, 0.1) is 0 Å². The fourth-order valence-corrected chi connectivity index (χ4v) is 2.11. The van der Waals surface area contributed by atoms with Gasteiger partial charge in [0.05, 0.1) is 5.69 Å². The average molecular weight is 234 g/mol. The predicted molar refractivity (Wildman–Crippen MR) is 70.2 cm³/mol. The summed E-state index contributed by atoms with van der Waals surface area (Å²) in [5.74, 6) is 0.826. The van der Waals surface area contributed by atoms with Gasteiger partial charge in [0.15, 0.2) is 0 Å². The molecule has 94 valence electrons. The van der Waals surface area contributed by atoms with Crippen molar-refractivity contribution < 1.29 is 0 Å². The molecule has 1 saturated heterocycles. The highest BCUT2D eigenvalue weighted by atomic mass is 15.3. The Balaban J connectivity index is 2.21. The molecule has 0 aromatic carbocycles. The molecule has 1 fully saturated rings. The molecular formula is C13H22N4. The Hall–Kier alpha value is -1.16. The lowest BCUT2D eigenvalue weighted by molar-refractivity contribution is 0.496. The first-order valence-electron chi connectivity index (χ1n) is 6.31. The van der Waals surface area contributed by atoms with E-state index in [-0.39, 0.29) is 11.5 Å². The minimum absolute atomic E-state index is 0.0651. The fraction of sp³-hybridized carbons (Fsp3) is 0.692. The SMILES string of the molecule is CC(C)(C)c1ccnc(N2CCCC(N)C2)n1. The van der Waals surface area contributed by atoms with Crippen molar-refractivity contribution in [2.45, 2.75) is 45.1 Å². The fourth-order valence-electron chi connectivity index (χ4n) is 2.11. The second-order valence-corrected chi connectivity index (χ2v) is 5.84. The van der Waals surface area contributed by atoms with Crippen LogP contribution in [-0.4, -0.2) is 29.1 Å². The molecule has 17 heavy (non-hydrogen) atoms. The van der Waals surface area contributed by atoms with Gasteiger partial charge in [-0.2, -0.15) is 0 Å². The largest absolute Gasteiger partial charge is 0.339 e. The number of hydrogen-bond acceptors (Lipinski definition) is 4. The van der Waals surface area contributed by atoms with Gasteiger partial charge in [-0.05, 0) is 18.9 Å². The summed E-state index contributed by atoms with van der Waals surface area (Å²) in [5, 5.41) is 0.